The summed E-state index contributed by atoms with van der Waals surface area (Å²) < 4.78 is 24.5. The highest BCUT2D eigenvalue weighted by Crippen LogP contribution is 2.29. The average molecular weight is 332 g/mol. The van der Waals surface area contributed by atoms with Gasteiger partial charge in [-0.15, -0.1) is 0 Å². The molecule has 0 heterocycles. The monoisotopic (exact) mass is 331 g/mol. The fraction of sp³-hybridized carbons (Fsp3) is 0.538. The van der Waals surface area contributed by atoms with Gasteiger partial charge in [0, 0.05) is 22.5 Å². The first-order valence-corrected chi connectivity index (χ1v) is 8.84. The SMILES string of the molecule is Cc1cc(Br)ccc1NC1CCCC1S(C)(=O)=O. The van der Waals surface area contributed by atoms with E-state index in [1.54, 1.807) is 0 Å². The van der Waals surface area contributed by atoms with Gasteiger partial charge in [-0.3, -0.25) is 0 Å². The van der Waals surface area contributed by atoms with Crippen molar-refractivity contribution >= 4 is 31.5 Å². The molecule has 0 radical (unpaired) electrons. The molecule has 1 aliphatic rings. The van der Waals surface area contributed by atoms with Gasteiger partial charge in [-0.2, -0.15) is 0 Å². The van der Waals surface area contributed by atoms with E-state index in [1.165, 1.54) is 6.26 Å². The van der Waals surface area contributed by atoms with Crippen LogP contribution in [0.2, 0.25) is 0 Å². The van der Waals surface area contributed by atoms with Crippen LogP contribution in [0.25, 0.3) is 0 Å². The van der Waals surface area contributed by atoms with Crippen molar-refractivity contribution in [3.63, 3.8) is 0 Å². The predicted molar refractivity (Wildman–Crippen MR) is 78.8 cm³/mol. The zero-order valence-electron chi connectivity index (χ0n) is 10.6. The summed E-state index contributed by atoms with van der Waals surface area (Å²) in [5.74, 6) is 0. The van der Waals surface area contributed by atoms with Gasteiger partial charge in [-0.05, 0) is 49.9 Å². The molecular weight excluding hydrogens is 314 g/mol. The van der Waals surface area contributed by atoms with Gasteiger partial charge in [-0.25, -0.2) is 8.42 Å². The molecule has 2 atom stereocenters. The number of sulfone groups is 1. The number of aryl methyl sites for hydroxylation is 1. The fourth-order valence-corrected chi connectivity index (χ4v) is 4.46. The second kappa shape index (κ2) is 5.21. The van der Waals surface area contributed by atoms with Crippen molar-refractivity contribution < 1.29 is 8.42 Å². The average Bonchev–Trinajstić information content (AvgIpc) is 2.70. The van der Waals surface area contributed by atoms with Crippen LogP contribution in [0.15, 0.2) is 22.7 Å². The van der Waals surface area contributed by atoms with Crippen LogP contribution in [0.4, 0.5) is 5.69 Å². The Labute approximate surface area is 117 Å². The van der Waals surface area contributed by atoms with Crippen LogP contribution < -0.4 is 5.32 Å². The zero-order chi connectivity index (χ0) is 13.3. The summed E-state index contributed by atoms with van der Waals surface area (Å²) >= 11 is 3.43. The molecule has 1 aliphatic carbocycles. The molecule has 3 nitrogen and oxygen atoms in total. The number of rotatable bonds is 3. The standard InChI is InChI=1S/C13H18BrNO2S/c1-9-8-10(14)6-7-11(9)15-12-4-3-5-13(12)18(2,16)17/h6-8,12-13,15H,3-5H2,1-2H3. The van der Waals surface area contributed by atoms with Crippen LogP contribution >= 0.6 is 15.9 Å². The molecule has 2 unspecified atom stereocenters. The Morgan fingerprint density at radius 1 is 1.33 bits per heavy atom. The Balaban J connectivity index is 2.18. The van der Waals surface area contributed by atoms with Gasteiger partial charge < -0.3 is 5.32 Å². The van der Waals surface area contributed by atoms with E-state index in [4.69, 9.17) is 0 Å². The smallest absolute Gasteiger partial charge is 0.152 e. The summed E-state index contributed by atoms with van der Waals surface area (Å²) in [5.41, 5.74) is 2.15. The minimum Gasteiger partial charge on any atom is -0.381 e. The van der Waals surface area contributed by atoms with Crippen molar-refractivity contribution in [2.45, 2.75) is 37.5 Å². The number of anilines is 1. The summed E-state index contributed by atoms with van der Waals surface area (Å²) in [4.78, 5) is 0. The molecule has 0 spiro atoms. The summed E-state index contributed by atoms with van der Waals surface area (Å²) in [6.45, 7) is 2.03. The van der Waals surface area contributed by atoms with Crippen molar-refractivity contribution in [2.75, 3.05) is 11.6 Å². The highest BCUT2D eigenvalue weighted by molar-refractivity contribution is 9.10. The summed E-state index contributed by atoms with van der Waals surface area (Å²) in [5, 5.41) is 3.14. The topological polar surface area (TPSA) is 46.2 Å². The quantitative estimate of drug-likeness (QED) is 0.925. The third kappa shape index (κ3) is 3.06. The van der Waals surface area contributed by atoms with E-state index in [9.17, 15) is 8.42 Å². The minimum absolute atomic E-state index is 0.0416. The molecule has 0 aliphatic heterocycles. The third-order valence-electron chi connectivity index (χ3n) is 3.53. The van der Waals surface area contributed by atoms with Crippen LogP contribution in [-0.4, -0.2) is 26.0 Å². The van der Waals surface area contributed by atoms with Gasteiger partial charge in [0.15, 0.2) is 9.84 Å². The largest absolute Gasteiger partial charge is 0.381 e. The van der Waals surface area contributed by atoms with E-state index in [2.05, 4.69) is 21.2 Å². The Morgan fingerprint density at radius 3 is 2.67 bits per heavy atom. The Morgan fingerprint density at radius 2 is 2.06 bits per heavy atom. The normalized spacial score (nSPS) is 24.2. The molecule has 5 heteroatoms. The first kappa shape index (κ1) is 13.9. The molecule has 1 saturated carbocycles. The van der Waals surface area contributed by atoms with Gasteiger partial charge in [0.05, 0.1) is 5.25 Å². The lowest BCUT2D eigenvalue weighted by molar-refractivity contribution is 0.579. The maximum absolute atomic E-state index is 11.7. The molecular formula is C13H18BrNO2S. The summed E-state index contributed by atoms with van der Waals surface area (Å²) in [6, 6.07) is 6.05. The van der Waals surface area contributed by atoms with Crippen molar-refractivity contribution in [2.24, 2.45) is 0 Å². The molecule has 0 amide bonds. The van der Waals surface area contributed by atoms with Crippen LogP contribution in [0.1, 0.15) is 24.8 Å². The Hall–Kier alpha value is -0.550. The van der Waals surface area contributed by atoms with Crippen LogP contribution in [0.3, 0.4) is 0 Å². The maximum Gasteiger partial charge on any atom is 0.152 e. The van der Waals surface area contributed by atoms with E-state index in [1.807, 2.05) is 25.1 Å². The van der Waals surface area contributed by atoms with Gasteiger partial charge in [0.1, 0.15) is 0 Å². The van der Waals surface area contributed by atoms with Gasteiger partial charge in [0.25, 0.3) is 0 Å². The van der Waals surface area contributed by atoms with Crippen molar-refractivity contribution in [3.05, 3.63) is 28.2 Å². The van der Waals surface area contributed by atoms with Crippen molar-refractivity contribution in [3.8, 4) is 0 Å². The third-order valence-corrected chi connectivity index (χ3v) is 5.69. The van der Waals surface area contributed by atoms with Gasteiger partial charge in [0.2, 0.25) is 0 Å². The lowest BCUT2D eigenvalue weighted by Gasteiger charge is -2.22. The van der Waals surface area contributed by atoms with E-state index in [0.717, 1.165) is 35.0 Å². The maximum atomic E-state index is 11.7. The second-order valence-corrected chi connectivity index (χ2v) is 8.19. The number of halogens is 1. The molecule has 0 bridgehead atoms. The van der Waals surface area contributed by atoms with Crippen LogP contribution in [0, 0.1) is 6.92 Å². The highest BCUT2D eigenvalue weighted by atomic mass is 79.9. The highest BCUT2D eigenvalue weighted by Gasteiger charge is 2.34. The molecule has 0 aromatic heterocycles. The fourth-order valence-electron chi connectivity index (χ4n) is 2.59. The van der Waals surface area contributed by atoms with Crippen molar-refractivity contribution in [1.82, 2.24) is 0 Å². The predicted octanol–water partition coefficient (Wildman–Crippen LogP) is 3.14. The van der Waals surface area contributed by atoms with E-state index in [-0.39, 0.29) is 11.3 Å². The van der Waals surface area contributed by atoms with Crippen molar-refractivity contribution in [1.29, 1.82) is 0 Å². The second-order valence-electron chi connectivity index (χ2n) is 5.01. The first-order valence-electron chi connectivity index (χ1n) is 6.09. The zero-order valence-corrected chi connectivity index (χ0v) is 13.0. The van der Waals surface area contributed by atoms with E-state index < -0.39 is 9.84 Å². The molecule has 1 aromatic carbocycles. The number of nitrogens with one attached hydrogen (secondary N) is 1. The molecule has 18 heavy (non-hydrogen) atoms. The lowest BCUT2D eigenvalue weighted by atomic mass is 10.1. The van der Waals surface area contributed by atoms with Gasteiger partial charge >= 0.3 is 0 Å². The number of hydrogen-bond acceptors (Lipinski definition) is 3. The molecule has 2 rings (SSSR count). The Kier molecular flexibility index (Phi) is 4.02. The minimum atomic E-state index is -2.96. The summed E-state index contributed by atoms with van der Waals surface area (Å²) in [6.07, 6.45) is 4.01. The van der Waals surface area contributed by atoms with Gasteiger partial charge in [-0.1, -0.05) is 15.9 Å². The lowest BCUT2D eigenvalue weighted by Crippen LogP contribution is -2.34. The first-order chi connectivity index (χ1) is 8.38. The van der Waals surface area contributed by atoms with Crippen LogP contribution in [-0.2, 0) is 9.84 Å². The van der Waals surface area contributed by atoms with Crippen LogP contribution in [0.5, 0.6) is 0 Å². The summed E-state index contributed by atoms with van der Waals surface area (Å²) in [7, 11) is -2.96. The Bertz CT molecular complexity index is 542. The number of benzene rings is 1. The molecule has 1 fully saturated rings. The van der Waals surface area contributed by atoms with E-state index in [0.29, 0.717) is 0 Å². The molecule has 1 aromatic rings. The molecule has 100 valence electrons. The molecule has 1 N–H and O–H groups in total. The van der Waals surface area contributed by atoms with E-state index >= 15 is 0 Å². The number of hydrogen-bond donors (Lipinski definition) is 1. The molecule has 0 saturated heterocycles.